The Morgan fingerprint density at radius 2 is 2.27 bits per heavy atom. The maximum absolute atomic E-state index is 5.47. The number of fused-ring (bicyclic) bond motifs is 1. The first-order valence-corrected chi connectivity index (χ1v) is 6.43. The molecule has 0 fully saturated rings. The van der Waals surface area contributed by atoms with Crippen molar-refractivity contribution in [3.8, 4) is 0 Å². The number of aryl methyl sites for hydroxylation is 1. The summed E-state index contributed by atoms with van der Waals surface area (Å²) in [6, 6.07) is 0. The van der Waals surface area contributed by atoms with Crippen LogP contribution >= 0.6 is 11.8 Å². The van der Waals surface area contributed by atoms with Gasteiger partial charge in [-0.25, -0.2) is 15.8 Å². The van der Waals surface area contributed by atoms with Gasteiger partial charge in [0, 0.05) is 11.3 Å². The van der Waals surface area contributed by atoms with E-state index in [9.17, 15) is 0 Å². The van der Waals surface area contributed by atoms with Crippen molar-refractivity contribution in [3.05, 3.63) is 17.1 Å². The normalized spacial score (nSPS) is 14.0. The highest BCUT2D eigenvalue weighted by Crippen LogP contribution is 2.26. The summed E-state index contributed by atoms with van der Waals surface area (Å²) in [6.07, 6.45) is 3.29. The van der Waals surface area contributed by atoms with E-state index >= 15 is 0 Å². The molecule has 0 aromatic carbocycles. The topological polar surface area (TPSA) is 63.8 Å². The highest BCUT2D eigenvalue weighted by Gasteiger charge is 2.18. The molecule has 0 spiro atoms. The number of nitrogens with one attached hydrogen (secondary N) is 1. The average molecular weight is 224 g/mol. The summed E-state index contributed by atoms with van der Waals surface area (Å²) in [5.41, 5.74) is 5.08. The summed E-state index contributed by atoms with van der Waals surface area (Å²) in [6.45, 7) is 2.14. The molecular weight excluding hydrogens is 208 g/mol. The maximum atomic E-state index is 5.47. The lowest BCUT2D eigenvalue weighted by molar-refractivity contribution is 0.893. The van der Waals surface area contributed by atoms with Crippen molar-refractivity contribution in [2.45, 2.75) is 31.9 Å². The second-order valence-electron chi connectivity index (χ2n) is 3.55. The number of hydrogen-bond donors (Lipinski definition) is 2. The first kappa shape index (κ1) is 10.7. The second-order valence-corrected chi connectivity index (χ2v) is 4.82. The first-order valence-electron chi connectivity index (χ1n) is 5.28. The molecule has 1 aliphatic rings. The van der Waals surface area contributed by atoms with Gasteiger partial charge in [-0.05, 0) is 25.0 Å². The van der Waals surface area contributed by atoms with E-state index in [1.54, 1.807) is 0 Å². The van der Waals surface area contributed by atoms with E-state index in [1.807, 2.05) is 11.8 Å². The summed E-state index contributed by atoms with van der Waals surface area (Å²) in [4.78, 5) is 9.00. The highest BCUT2D eigenvalue weighted by molar-refractivity contribution is 7.98. The van der Waals surface area contributed by atoms with E-state index in [4.69, 9.17) is 5.84 Å². The average Bonchev–Trinajstić information content (AvgIpc) is 2.73. The lowest BCUT2D eigenvalue weighted by Crippen LogP contribution is -2.13. The minimum atomic E-state index is 0.823. The molecule has 4 nitrogen and oxygen atoms in total. The molecule has 1 heterocycles. The Labute approximate surface area is 94.0 Å². The molecule has 0 saturated heterocycles. The van der Waals surface area contributed by atoms with E-state index in [-0.39, 0.29) is 0 Å². The van der Waals surface area contributed by atoms with Crippen LogP contribution in [0.5, 0.6) is 0 Å². The third-order valence-electron chi connectivity index (χ3n) is 2.55. The lowest BCUT2D eigenvalue weighted by Gasteiger charge is -2.08. The Morgan fingerprint density at radius 3 is 3.00 bits per heavy atom. The second kappa shape index (κ2) is 4.81. The van der Waals surface area contributed by atoms with Crippen molar-refractivity contribution in [1.82, 2.24) is 9.97 Å². The molecule has 0 unspecified atom stereocenters. The van der Waals surface area contributed by atoms with E-state index in [0.29, 0.717) is 0 Å². The quantitative estimate of drug-likeness (QED) is 0.599. The minimum Gasteiger partial charge on any atom is -0.308 e. The lowest BCUT2D eigenvalue weighted by atomic mass is 10.2. The van der Waals surface area contributed by atoms with Gasteiger partial charge in [0.15, 0.2) is 0 Å². The van der Waals surface area contributed by atoms with E-state index in [1.165, 1.54) is 17.7 Å². The third kappa shape index (κ3) is 2.23. The highest BCUT2D eigenvalue weighted by atomic mass is 32.2. The van der Waals surface area contributed by atoms with Gasteiger partial charge in [0.1, 0.15) is 11.6 Å². The van der Waals surface area contributed by atoms with Crippen LogP contribution < -0.4 is 11.3 Å². The van der Waals surface area contributed by atoms with Crippen molar-refractivity contribution < 1.29 is 0 Å². The largest absolute Gasteiger partial charge is 0.308 e. The number of thioether (sulfide) groups is 1. The van der Waals surface area contributed by atoms with Gasteiger partial charge in [-0.1, -0.05) is 6.92 Å². The van der Waals surface area contributed by atoms with Gasteiger partial charge in [0.05, 0.1) is 5.75 Å². The van der Waals surface area contributed by atoms with Gasteiger partial charge < -0.3 is 5.43 Å². The maximum Gasteiger partial charge on any atom is 0.147 e. The predicted octanol–water partition coefficient (Wildman–Crippen LogP) is 1.50. The molecule has 2 rings (SSSR count). The van der Waals surface area contributed by atoms with Gasteiger partial charge in [0.25, 0.3) is 0 Å². The smallest absolute Gasteiger partial charge is 0.147 e. The van der Waals surface area contributed by atoms with Crippen molar-refractivity contribution in [3.63, 3.8) is 0 Å². The Kier molecular flexibility index (Phi) is 3.43. The molecule has 3 N–H and O–H groups in total. The fraction of sp³-hybridized carbons (Fsp3) is 0.600. The zero-order valence-electron chi connectivity index (χ0n) is 8.92. The number of rotatable bonds is 4. The van der Waals surface area contributed by atoms with Crippen LogP contribution in [-0.2, 0) is 18.6 Å². The zero-order chi connectivity index (χ0) is 10.7. The molecule has 1 aromatic rings. The number of nitrogens with zero attached hydrogens (tertiary/aromatic N) is 2. The van der Waals surface area contributed by atoms with Gasteiger partial charge in [-0.3, -0.25) is 0 Å². The number of anilines is 1. The van der Waals surface area contributed by atoms with Gasteiger partial charge in [-0.2, -0.15) is 11.8 Å². The van der Waals surface area contributed by atoms with Crippen LogP contribution in [0.15, 0.2) is 0 Å². The zero-order valence-corrected chi connectivity index (χ0v) is 9.73. The molecule has 0 atom stereocenters. The van der Waals surface area contributed by atoms with Crippen LogP contribution in [0.4, 0.5) is 5.82 Å². The van der Waals surface area contributed by atoms with Gasteiger partial charge >= 0.3 is 0 Å². The van der Waals surface area contributed by atoms with Crippen molar-refractivity contribution in [2.75, 3.05) is 11.2 Å². The Morgan fingerprint density at radius 1 is 1.40 bits per heavy atom. The number of hydrazine groups is 1. The van der Waals surface area contributed by atoms with Crippen molar-refractivity contribution in [2.24, 2.45) is 5.84 Å². The first-order chi connectivity index (χ1) is 7.35. The Bertz CT molecular complexity index is 354. The number of aromatic nitrogens is 2. The van der Waals surface area contributed by atoms with E-state index < -0.39 is 0 Å². The van der Waals surface area contributed by atoms with Crippen molar-refractivity contribution in [1.29, 1.82) is 0 Å². The number of nitrogen functional groups attached to an aromatic ring is 1. The summed E-state index contributed by atoms with van der Waals surface area (Å²) in [5.74, 6) is 9.16. The molecule has 0 aliphatic heterocycles. The van der Waals surface area contributed by atoms with Crippen LogP contribution in [0, 0.1) is 0 Å². The van der Waals surface area contributed by atoms with Crippen LogP contribution in [0.3, 0.4) is 0 Å². The molecule has 1 aromatic heterocycles. The number of nitrogens with two attached hydrogens (primary N) is 1. The SMILES string of the molecule is CCSCc1nc2c(c(NN)n1)CCC2. The monoisotopic (exact) mass is 224 g/mol. The van der Waals surface area contributed by atoms with Crippen LogP contribution in [0.25, 0.3) is 0 Å². The summed E-state index contributed by atoms with van der Waals surface area (Å²) >= 11 is 1.83. The molecule has 82 valence electrons. The summed E-state index contributed by atoms with van der Waals surface area (Å²) < 4.78 is 0. The Hall–Kier alpha value is -0.810. The van der Waals surface area contributed by atoms with E-state index in [2.05, 4.69) is 22.3 Å². The molecule has 0 radical (unpaired) electrons. The Balaban J connectivity index is 2.26. The molecule has 0 amide bonds. The summed E-state index contributed by atoms with van der Waals surface area (Å²) in [5, 5.41) is 0. The van der Waals surface area contributed by atoms with Crippen molar-refractivity contribution >= 4 is 17.6 Å². The molecule has 0 saturated carbocycles. The fourth-order valence-corrected chi connectivity index (χ4v) is 2.38. The molecule has 0 bridgehead atoms. The molecular formula is C10H16N4S. The molecule has 15 heavy (non-hydrogen) atoms. The molecule has 5 heteroatoms. The third-order valence-corrected chi connectivity index (χ3v) is 3.42. The van der Waals surface area contributed by atoms with Gasteiger partial charge in [0.2, 0.25) is 0 Å². The minimum absolute atomic E-state index is 0.823. The van der Waals surface area contributed by atoms with Crippen LogP contribution in [-0.4, -0.2) is 15.7 Å². The predicted molar refractivity (Wildman–Crippen MR) is 63.7 cm³/mol. The van der Waals surface area contributed by atoms with E-state index in [0.717, 1.165) is 36.0 Å². The fourth-order valence-electron chi connectivity index (χ4n) is 1.86. The molecule has 1 aliphatic carbocycles. The number of hydrogen-bond acceptors (Lipinski definition) is 5. The van der Waals surface area contributed by atoms with Gasteiger partial charge in [-0.15, -0.1) is 0 Å². The van der Waals surface area contributed by atoms with Crippen LogP contribution in [0.2, 0.25) is 0 Å². The summed E-state index contributed by atoms with van der Waals surface area (Å²) in [7, 11) is 0. The standard InChI is InChI=1S/C10H16N4S/c1-2-15-6-9-12-8-5-3-4-7(8)10(13-9)14-11/h2-6,11H2,1H3,(H,12,13,14). The van der Waals surface area contributed by atoms with Crippen LogP contribution in [0.1, 0.15) is 30.4 Å².